The Morgan fingerprint density at radius 2 is 1.90 bits per heavy atom. The number of carbonyl (C=O) groups excluding carboxylic acids is 2. The summed E-state index contributed by atoms with van der Waals surface area (Å²) in [6, 6.07) is -1.94. The predicted molar refractivity (Wildman–Crippen MR) is 77.7 cm³/mol. The predicted octanol–water partition coefficient (Wildman–Crippen LogP) is -0.141. The van der Waals surface area contributed by atoms with Gasteiger partial charge in [0.1, 0.15) is 12.1 Å². The minimum Gasteiger partial charge on any atom is -0.480 e. The number of hydrogen-bond donors (Lipinski definition) is 4. The average molecular weight is 299 g/mol. The second-order valence-electron chi connectivity index (χ2n) is 5.91. The summed E-state index contributed by atoms with van der Waals surface area (Å²) >= 11 is 0. The van der Waals surface area contributed by atoms with Gasteiger partial charge in [-0.25, -0.2) is 0 Å². The van der Waals surface area contributed by atoms with Gasteiger partial charge in [0.25, 0.3) is 0 Å². The van der Waals surface area contributed by atoms with Crippen LogP contribution in [0.4, 0.5) is 0 Å². The molecule has 1 heterocycles. The molecule has 120 valence electrons. The molecule has 1 rings (SSSR count). The van der Waals surface area contributed by atoms with Crippen LogP contribution >= 0.6 is 0 Å². The number of carboxylic acids is 1. The van der Waals surface area contributed by atoms with Crippen molar-refractivity contribution >= 4 is 17.8 Å². The van der Waals surface area contributed by atoms with E-state index in [4.69, 9.17) is 5.11 Å². The molecule has 1 aliphatic rings. The fraction of sp³-hybridized carbons (Fsp3) is 0.786. The third-order valence-electron chi connectivity index (χ3n) is 3.45. The lowest BCUT2D eigenvalue weighted by Gasteiger charge is -2.23. The SMILES string of the molecule is CC(C)CC(NC(=O)C1CCCN1)C(=O)NC(C)C(=O)O. The van der Waals surface area contributed by atoms with Crippen LogP contribution in [-0.2, 0) is 14.4 Å². The summed E-state index contributed by atoms with van der Waals surface area (Å²) in [5.41, 5.74) is 0. The molecule has 1 saturated heterocycles. The van der Waals surface area contributed by atoms with E-state index in [1.165, 1.54) is 6.92 Å². The highest BCUT2D eigenvalue weighted by atomic mass is 16.4. The maximum Gasteiger partial charge on any atom is 0.325 e. The van der Waals surface area contributed by atoms with Crippen molar-refractivity contribution in [2.24, 2.45) is 5.92 Å². The van der Waals surface area contributed by atoms with E-state index in [9.17, 15) is 14.4 Å². The topological polar surface area (TPSA) is 108 Å². The van der Waals surface area contributed by atoms with E-state index >= 15 is 0 Å². The molecule has 0 aromatic rings. The minimum atomic E-state index is -1.10. The van der Waals surface area contributed by atoms with E-state index in [1.807, 2.05) is 13.8 Å². The molecule has 0 saturated carbocycles. The number of carboxylic acid groups (broad SMARTS) is 1. The van der Waals surface area contributed by atoms with Gasteiger partial charge in [-0.1, -0.05) is 13.8 Å². The number of hydrogen-bond acceptors (Lipinski definition) is 4. The quantitative estimate of drug-likeness (QED) is 0.523. The Bertz CT molecular complexity index is 392. The van der Waals surface area contributed by atoms with Gasteiger partial charge in [-0.05, 0) is 38.6 Å². The van der Waals surface area contributed by atoms with Crippen LogP contribution in [-0.4, -0.2) is 47.6 Å². The van der Waals surface area contributed by atoms with Gasteiger partial charge < -0.3 is 21.1 Å². The second kappa shape index (κ2) is 7.97. The first kappa shape index (κ1) is 17.4. The maximum absolute atomic E-state index is 12.1. The molecule has 1 fully saturated rings. The van der Waals surface area contributed by atoms with Crippen LogP contribution in [0.5, 0.6) is 0 Å². The lowest BCUT2D eigenvalue weighted by atomic mass is 10.0. The van der Waals surface area contributed by atoms with Crippen LogP contribution in [0.3, 0.4) is 0 Å². The van der Waals surface area contributed by atoms with E-state index < -0.39 is 24.0 Å². The van der Waals surface area contributed by atoms with Gasteiger partial charge in [0.15, 0.2) is 0 Å². The first-order valence-electron chi connectivity index (χ1n) is 7.38. The first-order valence-corrected chi connectivity index (χ1v) is 7.38. The van der Waals surface area contributed by atoms with E-state index in [-0.39, 0.29) is 17.9 Å². The molecule has 0 aromatic heterocycles. The molecule has 0 spiro atoms. The second-order valence-corrected chi connectivity index (χ2v) is 5.91. The Balaban J connectivity index is 2.63. The lowest BCUT2D eigenvalue weighted by molar-refractivity contribution is -0.141. The van der Waals surface area contributed by atoms with E-state index in [1.54, 1.807) is 0 Å². The zero-order valence-electron chi connectivity index (χ0n) is 12.8. The fourth-order valence-corrected chi connectivity index (χ4v) is 2.26. The zero-order chi connectivity index (χ0) is 16.0. The summed E-state index contributed by atoms with van der Waals surface area (Å²) in [5, 5.41) is 17.0. The van der Waals surface area contributed by atoms with Crippen LogP contribution in [0.25, 0.3) is 0 Å². The Hall–Kier alpha value is -1.63. The summed E-state index contributed by atoms with van der Waals surface area (Å²) in [7, 11) is 0. The number of aliphatic carboxylic acids is 1. The molecular formula is C14H25N3O4. The molecule has 21 heavy (non-hydrogen) atoms. The van der Waals surface area contributed by atoms with Gasteiger partial charge in [-0.2, -0.15) is 0 Å². The molecule has 0 radical (unpaired) electrons. The van der Waals surface area contributed by atoms with Gasteiger partial charge >= 0.3 is 5.97 Å². The summed E-state index contributed by atoms with van der Waals surface area (Å²) < 4.78 is 0. The van der Waals surface area contributed by atoms with Crippen molar-refractivity contribution in [1.82, 2.24) is 16.0 Å². The Morgan fingerprint density at radius 1 is 1.24 bits per heavy atom. The molecule has 7 nitrogen and oxygen atoms in total. The first-order chi connectivity index (χ1) is 9.81. The molecular weight excluding hydrogens is 274 g/mol. The van der Waals surface area contributed by atoms with Crippen molar-refractivity contribution in [2.75, 3.05) is 6.54 Å². The molecule has 0 aliphatic carbocycles. The zero-order valence-corrected chi connectivity index (χ0v) is 12.8. The normalized spacial score (nSPS) is 20.9. The van der Waals surface area contributed by atoms with Crippen molar-refractivity contribution in [2.45, 2.75) is 58.2 Å². The molecule has 3 atom stereocenters. The van der Waals surface area contributed by atoms with Crippen LogP contribution in [0.15, 0.2) is 0 Å². The van der Waals surface area contributed by atoms with Crippen molar-refractivity contribution in [3.05, 3.63) is 0 Å². The maximum atomic E-state index is 12.1. The highest BCUT2D eigenvalue weighted by Gasteiger charge is 2.29. The third-order valence-corrected chi connectivity index (χ3v) is 3.45. The Labute approximate surface area is 124 Å². The number of carbonyl (C=O) groups is 3. The van der Waals surface area contributed by atoms with Crippen LogP contribution in [0.1, 0.15) is 40.0 Å². The summed E-state index contributed by atoms with van der Waals surface area (Å²) in [6.45, 7) is 6.09. The monoisotopic (exact) mass is 299 g/mol. The third kappa shape index (κ3) is 5.71. The Kier molecular flexibility index (Phi) is 6.61. The van der Waals surface area contributed by atoms with Crippen LogP contribution < -0.4 is 16.0 Å². The lowest BCUT2D eigenvalue weighted by Crippen LogP contribution is -2.54. The number of nitrogens with one attached hydrogen (secondary N) is 3. The van der Waals surface area contributed by atoms with Gasteiger partial charge in [0.2, 0.25) is 11.8 Å². The summed E-state index contributed by atoms with van der Waals surface area (Å²) in [6.07, 6.45) is 2.17. The summed E-state index contributed by atoms with van der Waals surface area (Å²) in [4.78, 5) is 35.0. The molecule has 3 unspecified atom stereocenters. The van der Waals surface area contributed by atoms with Crippen molar-refractivity contribution < 1.29 is 19.5 Å². The number of amides is 2. The van der Waals surface area contributed by atoms with Crippen molar-refractivity contribution in [1.29, 1.82) is 0 Å². The van der Waals surface area contributed by atoms with Crippen molar-refractivity contribution in [3.8, 4) is 0 Å². The smallest absolute Gasteiger partial charge is 0.325 e. The fourth-order valence-electron chi connectivity index (χ4n) is 2.26. The Morgan fingerprint density at radius 3 is 2.38 bits per heavy atom. The largest absolute Gasteiger partial charge is 0.480 e. The highest BCUT2D eigenvalue weighted by molar-refractivity contribution is 5.91. The van der Waals surface area contributed by atoms with Gasteiger partial charge in [-0.3, -0.25) is 14.4 Å². The van der Waals surface area contributed by atoms with E-state index in [0.717, 1.165) is 19.4 Å². The molecule has 0 bridgehead atoms. The molecule has 4 N–H and O–H groups in total. The highest BCUT2D eigenvalue weighted by Crippen LogP contribution is 2.09. The molecule has 7 heteroatoms. The van der Waals surface area contributed by atoms with Gasteiger partial charge in [0.05, 0.1) is 6.04 Å². The van der Waals surface area contributed by atoms with Gasteiger partial charge in [-0.15, -0.1) is 0 Å². The van der Waals surface area contributed by atoms with E-state index in [0.29, 0.717) is 6.42 Å². The van der Waals surface area contributed by atoms with Crippen molar-refractivity contribution in [3.63, 3.8) is 0 Å². The standard InChI is InChI=1S/C14H25N3O4/c1-8(2)7-11(13(19)16-9(3)14(20)21)17-12(18)10-5-4-6-15-10/h8-11,15H,4-7H2,1-3H3,(H,16,19)(H,17,18)(H,20,21). The number of rotatable bonds is 7. The molecule has 1 aliphatic heterocycles. The summed E-state index contributed by atoms with van der Waals surface area (Å²) in [5.74, 6) is -1.55. The van der Waals surface area contributed by atoms with Crippen LogP contribution in [0, 0.1) is 5.92 Å². The average Bonchev–Trinajstić information content (AvgIpc) is 2.90. The van der Waals surface area contributed by atoms with Crippen LogP contribution in [0.2, 0.25) is 0 Å². The molecule has 0 aromatic carbocycles. The minimum absolute atomic E-state index is 0.198. The van der Waals surface area contributed by atoms with E-state index in [2.05, 4.69) is 16.0 Å². The molecule has 2 amide bonds. The van der Waals surface area contributed by atoms with Gasteiger partial charge in [0, 0.05) is 0 Å².